The molecule has 19 heavy (non-hydrogen) atoms. The molecule has 5 heteroatoms. The van der Waals surface area contributed by atoms with E-state index < -0.39 is 0 Å². The molecule has 1 atom stereocenters. The van der Waals surface area contributed by atoms with Crippen LogP contribution in [0, 0.1) is 0 Å². The molecule has 108 valence electrons. The van der Waals surface area contributed by atoms with E-state index in [1.807, 2.05) is 17.7 Å². The fraction of sp³-hybridized carbons (Fsp3) is 0.714. The molecule has 0 aliphatic rings. The van der Waals surface area contributed by atoms with Gasteiger partial charge in [-0.05, 0) is 13.3 Å². The number of nitrogens with zero attached hydrogens (tertiary/aromatic N) is 2. The summed E-state index contributed by atoms with van der Waals surface area (Å²) in [7, 11) is 0. The van der Waals surface area contributed by atoms with Gasteiger partial charge in [0.1, 0.15) is 12.4 Å². The quantitative estimate of drug-likeness (QED) is 0.752. The number of hydrogen-bond acceptors (Lipinski definition) is 3. The largest absolute Gasteiger partial charge is 0.352 e. The maximum Gasteiger partial charge on any atom is 0.240 e. The van der Waals surface area contributed by atoms with Crippen molar-refractivity contribution in [2.24, 2.45) is 0 Å². The highest BCUT2D eigenvalue weighted by Gasteiger charge is 2.10. The Hall–Kier alpha value is -1.36. The molecule has 1 aromatic rings. The second-order valence-corrected chi connectivity index (χ2v) is 5.26. The fourth-order valence-electron chi connectivity index (χ4n) is 1.93. The average Bonchev–Trinajstić information content (AvgIpc) is 2.73. The van der Waals surface area contributed by atoms with Gasteiger partial charge in [0.05, 0.1) is 6.54 Å². The molecule has 0 aromatic carbocycles. The van der Waals surface area contributed by atoms with Crippen LogP contribution in [-0.2, 0) is 17.9 Å². The molecule has 1 unspecified atom stereocenters. The van der Waals surface area contributed by atoms with Crippen LogP contribution >= 0.6 is 0 Å². The molecule has 5 nitrogen and oxygen atoms in total. The summed E-state index contributed by atoms with van der Waals surface area (Å²) < 4.78 is 1.89. The molecule has 0 aliphatic heterocycles. The van der Waals surface area contributed by atoms with Gasteiger partial charge in [0.2, 0.25) is 5.91 Å². The lowest BCUT2D eigenvalue weighted by Crippen LogP contribution is -2.35. The van der Waals surface area contributed by atoms with E-state index in [9.17, 15) is 4.79 Å². The van der Waals surface area contributed by atoms with Crippen molar-refractivity contribution in [2.45, 2.75) is 65.7 Å². The van der Waals surface area contributed by atoms with Crippen LogP contribution in [0.15, 0.2) is 12.4 Å². The first-order chi connectivity index (χ1) is 9.02. The summed E-state index contributed by atoms with van der Waals surface area (Å²) in [6.45, 7) is 9.36. The Morgan fingerprint density at radius 3 is 2.79 bits per heavy atom. The van der Waals surface area contributed by atoms with E-state index in [-0.39, 0.29) is 11.9 Å². The Bertz CT molecular complexity index is 387. The van der Waals surface area contributed by atoms with Crippen LogP contribution in [0.2, 0.25) is 0 Å². The van der Waals surface area contributed by atoms with Crippen molar-refractivity contribution in [1.82, 2.24) is 20.2 Å². The third-order valence-electron chi connectivity index (χ3n) is 2.91. The topological polar surface area (TPSA) is 59.0 Å². The van der Waals surface area contributed by atoms with Gasteiger partial charge in [-0.25, -0.2) is 4.98 Å². The predicted molar refractivity (Wildman–Crippen MR) is 76.7 cm³/mol. The minimum atomic E-state index is 0.0461. The molecule has 0 saturated carbocycles. The predicted octanol–water partition coefficient (Wildman–Crippen LogP) is 1.69. The fourth-order valence-corrected chi connectivity index (χ4v) is 1.93. The molecule has 0 fully saturated rings. The average molecular weight is 266 g/mol. The van der Waals surface area contributed by atoms with Gasteiger partial charge in [0.15, 0.2) is 0 Å². The third-order valence-corrected chi connectivity index (χ3v) is 2.91. The van der Waals surface area contributed by atoms with Crippen LogP contribution in [0.5, 0.6) is 0 Å². The highest BCUT2D eigenvalue weighted by molar-refractivity contribution is 5.76. The maximum atomic E-state index is 11.9. The minimum absolute atomic E-state index is 0.0461. The highest BCUT2D eigenvalue weighted by atomic mass is 16.2. The number of hydrogen-bond donors (Lipinski definition) is 2. The summed E-state index contributed by atoms with van der Waals surface area (Å²) in [6, 6.07) is 0.641. The van der Waals surface area contributed by atoms with Crippen LogP contribution < -0.4 is 10.6 Å². The van der Waals surface area contributed by atoms with Gasteiger partial charge in [-0.3, -0.25) is 4.79 Å². The Morgan fingerprint density at radius 1 is 1.42 bits per heavy atom. The van der Waals surface area contributed by atoms with Crippen molar-refractivity contribution in [2.75, 3.05) is 0 Å². The van der Waals surface area contributed by atoms with E-state index in [0.717, 1.165) is 18.7 Å². The maximum absolute atomic E-state index is 11.9. The van der Waals surface area contributed by atoms with E-state index in [0.29, 0.717) is 19.1 Å². The van der Waals surface area contributed by atoms with Crippen molar-refractivity contribution in [3.05, 3.63) is 18.2 Å². The Labute approximate surface area is 115 Å². The van der Waals surface area contributed by atoms with Gasteiger partial charge in [-0.1, -0.05) is 27.2 Å². The first kappa shape index (κ1) is 15.7. The van der Waals surface area contributed by atoms with Crippen LogP contribution in [-0.4, -0.2) is 27.5 Å². The highest BCUT2D eigenvalue weighted by Crippen LogP contribution is 2.00. The van der Waals surface area contributed by atoms with E-state index in [1.165, 1.54) is 0 Å². The number of aromatic nitrogens is 2. The summed E-state index contributed by atoms with van der Waals surface area (Å²) in [4.78, 5) is 16.2. The number of carbonyl (C=O) groups is 1. The van der Waals surface area contributed by atoms with E-state index in [2.05, 4.69) is 36.4 Å². The second kappa shape index (κ2) is 7.94. The Balaban J connectivity index is 2.48. The third kappa shape index (κ3) is 5.87. The van der Waals surface area contributed by atoms with Crippen molar-refractivity contribution < 1.29 is 4.79 Å². The van der Waals surface area contributed by atoms with Crippen molar-refractivity contribution in [3.8, 4) is 0 Å². The molecule has 0 saturated heterocycles. The molecule has 0 spiro atoms. The molecular weight excluding hydrogens is 240 g/mol. The first-order valence-corrected chi connectivity index (χ1v) is 7.05. The van der Waals surface area contributed by atoms with Crippen LogP contribution in [0.25, 0.3) is 0 Å². The summed E-state index contributed by atoms with van der Waals surface area (Å²) in [5.74, 6) is 0.941. The van der Waals surface area contributed by atoms with Gasteiger partial charge in [-0.15, -0.1) is 0 Å². The smallest absolute Gasteiger partial charge is 0.240 e. The number of imidazole rings is 1. The number of carbonyl (C=O) groups excluding carboxylic acids is 1. The molecule has 2 N–H and O–H groups in total. The number of amides is 1. The molecule has 0 radical (unpaired) electrons. The summed E-state index contributed by atoms with van der Waals surface area (Å²) in [5.41, 5.74) is 0. The Morgan fingerprint density at radius 2 is 2.16 bits per heavy atom. The van der Waals surface area contributed by atoms with Gasteiger partial charge in [0.25, 0.3) is 0 Å². The van der Waals surface area contributed by atoms with Gasteiger partial charge in [0, 0.05) is 24.5 Å². The Kier molecular flexibility index (Phi) is 6.56. The molecule has 1 amide bonds. The number of rotatable bonds is 8. The van der Waals surface area contributed by atoms with Crippen molar-refractivity contribution in [1.29, 1.82) is 0 Å². The number of nitrogens with one attached hydrogen (secondary N) is 2. The van der Waals surface area contributed by atoms with E-state index in [4.69, 9.17) is 0 Å². The lowest BCUT2D eigenvalue weighted by molar-refractivity contribution is -0.122. The molecular formula is C14H26N4O. The molecule has 0 aliphatic carbocycles. The van der Waals surface area contributed by atoms with Gasteiger partial charge < -0.3 is 15.2 Å². The standard InChI is InChI=1S/C14H26N4O/c1-5-6-12(4)17-14(19)10-18-8-7-15-13(18)9-16-11(2)3/h7-8,11-12,16H,5-6,9-10H2,1-4H3,(H,17,19). The van der Waals surface area contributed by atoms with E-state index >= 15 is 0 Å². The lowest BCUT2D eigenvalue weighted by atomic mass is 10.2. The van der Waals surface area contributed by atoms with Gasteiger partial charge >= 0.3 is 0 Å². The zero-order valence-electron chi connectivity index (χ0n) is 12.4. The molecule has 0 bridgehead atoms. The first-order valence-electron chi connectivity index (χ1n) is 7.05. The second-order valence-electron chi connectivity index (χ2n) is 5.26. The normalized spacial score (nSPS) is 12.7. The lowest BCUT2D eigenvalue weighted by Gasteiger charge is -2.14. The summed E-state index contributed by atoms with van der Waals surface area (Å²) in [5, 5.41) is 6.31. The monoisotopic (exact) mass is 266 g/mol. The molecule has 1 rings (SSSR count). The SMILES string of the molecule is CCCC(C)NC(=O)Cn1ccnc1CNC(C)C. The van der Waals surface area contributed by atoms with Crippen LogP contribution in [0.4, 0.5) is 0 Å². The summed E-state index contributed by atoms with van der Waals surface area (Å²) >= 11 is 0. The van der Waals surface area contributed by atoms with Crippen molar-refractivity contribution in [3.63, 3.8) is 0 Å². The zero-order chi connectivity index (χ0) is 14.3. The summed E-state index contributed by atoms with van der Waals surface area (Å²) in [6.07, 6.45) is 5.68. The van der Waals surface area contributed by atoms with Crippen LogP contribution in [0.3, 0.4) is 0 Å². The molecule has 1 aromatic heterocycles. The molecule has 1 heterocycles. The minimum Gasteiger partial charge on any atom is -0.352 e. The van der Waals surface area contributed by atoms with Crippen molar-refractivity contribution >= 4 is 5.91 Å². The zero-order valence-corrected chi connectivity index (χ0v) is 12.4. The van der Waals surface area contributed by atoms with Gasteiger partial charge in [-0.2, -0.15) is 0 Å². The van der Waals surface area contributed by atoms with E-state index in [1.54, 1.807) is 6.20 Å². The van der Waals surface area contributed by atoms with Crippen LogP contribution in [0.1, 0.15) is 46.4 Å².